The van der Waals surface area contributed by atoms with Gasteiger partial charge in [-0.05, 0) is 97.7 Å². The maximum absolute atomic E-state index is 12.4. The van der Waals surface area contributed by atoms with Crippen molar-refractivity contribution in [1.29, 1.82) is 0 Å². The Morgan fingerprint density at radius 3 is 1.43 bits per heavy atom. The van der Waals surface area contributed by atoms with Crippen molar-refractivity contribution in [2.45, 2.75) is 243 Å². The molecule has 1 heterocycles. The molecular weight excluding hydrogens is 655 g/mol. The van der Waals surface area contributed by atoms with E-state index in [0.717, 1.165) is 45.1 Å². The molecule has 0 aromatic rings. The number of carbonyl (C=O) groups is 1. The van der Waals surface area contributed by atoms with Crippen molar-refractivity contribution in [3.8, 4) is 0 Å². The van der Waals surface area contributed by atoms with Crippen LogP contribution in [0.1, 0.15) is 219 Å². The Morgan fingerprint density at radius 2 is 0.962 bits per heavy atom. The van der Waals surface area contributed by atoms with Gasteiger partial charge in [0.1, 0.15) is 6.10 Å². The molecule has 0 radical (unpaired) electrons. The maximum Gasteiger partial charge on any atom is 0.306 e. The molecule has 0 N–H and O–H groups in total. The summed E-state index contributed by atoms with van der Waals surface area (Å²) in [6.45, 7) is 5.46. The van der Waals surface area contributed by atoms with E-state index in [2.05, 4.69) is 55.2 Å². The zero-order valence-electron chi connectivity index (χ0n) is 35.6. The van der Waals surface area contributed by atoms with Crippen LogP contribution in [0.5, 0.6) is 0 Å². The molecule has 5 nitrogen and oxygen atoms in total. The Bertz CT molecular complexity index is 928. The molecule has 2 aliphatic rings. The van der Waals surface area contributed by atoms with E-state index >= 15 is 0 Å². The van der Waals surface area contributed by atoms with Crippen molar-refractivity contribution in [3.63, 3.8) is 0 Å². The summed E-state index contributed by atoms with van der Waals surface area (Å²) in [7, 11) is 4.08. The van der Waals surface area contributed by atoms with Gasteiger partial charge in [0.05, 0.1) is 12.2 Å². The van der Waals surface area contributed by atoms with Crippen LogP contribution >= 0.6 is 0 Å². The summed E-state index contributed by atoms with van der Waals surface area (Å²) in [5.41, 5.74) is 0. The molecule has 5 heteroatoms. The third-order valence-electron chi connectivity index (χ3n) is 11.2. The molecule has 2 fully saturated rings. The molecule has 2 rings (SSSR count). The number of fused-ring (bicyclic) bond motifs is 1. The summed E-state index contributed by atoms with van der Waals surface area (Å²) >= 11 is 0. The Morgan fingerprint density at radius 1 is 0.566 bits per heavy atom. The zero-order valence-corrected chi connectivity index (χ0v) is 35.6. The number of nitrogens with zero attached hydrogens (tertiary/aromatic N) is 1. The fraction of sp³-hybridized carbons (Fsp3) is 0.854. The van der Waals surface area contributed by atoms with Crippen LogP contribution in [0.3, 0.4) is 0 Å². The maximum atomic E-state index is 12.4. The second-order valence-corrected chi connectivity index (χ2v) is 16.7. The van der Waals surface area contributed by atoms with E-state index in [1.54, 1.807) is 0 Å². The average Bonchev–Trinajstić information content (AvgIpc) is 3.66. The van der Waals surface area contributed by atoms with E-state index in [-0.39, 0.29) is 24.3 Å². The van der Waals surface area contributed by atoms with Crippen LogP contribution in [-0.2, 0) is 19.0 Å². The second kappa shape index (κ2) is 32.8. The lowest BCUT2D eigenvalue weighted by Gasteiger charge is -2.30. The van der Waals surface area contributed by atoms with Gasteiger partial charge in [0.25, 0.3) is 0 Å². The first-order chi connectivity index (χ1) is 26.0. The normalized spacial score (nSPS) is 21.6. The summed E-state index contributed by atoms with van der Waals surface area (Å²) in [4.78, 5) is 14.6. The molecule has 1 saturated carbocycles. The Kier molecular flexibility index (Phi) is 29.5. The summed E-state index contributed by atoms with van der Waals surface area (Å²) in [6.07, 6.45) is 52.9. The molecule has 1 unspecified atom stereocenters. The van der Waals surface area contributed by atoms with Gasteiger partial charge < -0.3 is 19.1 Å². The van der Waals surface area contributed by atoms with Gasteiger partial charge in [-0.1, -0.05) is 147 Å². The van der Waals surface area contributed by atoms with Crippen molar-refractivity contribution in [2.24, 2.45) is 0 Å². The molecule has 4 atom stereocenters. The summed E-state index contributed by atoms with van der Waals surface area (Å²) in [5.74, 6) is -0.514. The van der Waals surface area contributed by atoms with Crippen molar-refractivity contribution in [2.75, 3.05) is 20.6 Å². The van der Waals surface area contributed by atoms with E-state index in [1.807, 2.05) is 14.1 Å². The number of unbranched alkanes of at least 4 members (excludes halogenated alkanes) is 21. The molecule has 0 amide bonds. The van der Waals surface area contributed by atoms with Gasteiger partial charge in [-0.15, -0.1) is 0 Å². The van der Waals surface area contributed by atoms with E-state index in [0.29, 0.717) is 6.42 Å². The monoisotopic (exact) mass is 742 g/mol. The Hall–Kier alpha value is -1.43. The van der Waals surface area contributed by atoms with Crippen molar-refractivity contribution in [3.05, 3.63) is 36.5 Å². The number of ether oxygens (including phenoxy) is 3. The van der Waals surface area contributed by atoms with Gasteiger partial charge in [0.15, 0.2) is 5.79 Å². The van der Waals surface area contributed by atoms with Crippen LogP contribution < -0.4 is 0 Å². The number of rotatable bonds is 36. The second-order valence-electron chi connectivity index (χ2n) is 16.7. The fourth-order valence-corrected chi connectivity index (χ4v) is 8.01. The van der Waals surface area contributed by atoms with E-state index in [9.17, 15) is 4.79 Å². The SMILES string of the molecule is CCCCC/C=C\C/C=C\CCCCCCCCC1(CCCCCCCC/C=C\CCCCCCCC)O[C@H]2C[C@H](OC(=O)CCCN(C)C)C[C@H]2O1. The molecule has 1 saturated heterocycles. The lowest BCUT2D eigenvalue weighted by Crippen LogP contribution is -2.33. The van der Waals surface area contributed by atoms with Gasteiger partial charge >= 0.3 is 5.97 Å². The third-order valence-corrected chi connectivity index (χ3v) is 11.2. The van der Waals surface area contributed by atoms with Gasteiger partial charge in [-0.25, -0.2) is 0 Å². The van der Waals surface area contributed by atoms with Crippen LogP contribution in [0, 0.1) is 0 Å². The Labute approximate surface area is 329 Å². The molecule has 0 aromatic heterocycles. The highest BCUT2D eigenvalue weighted by Crippen LogP contribution is 2.44. The third kappa shape index (κ3) is 25.4. The molecular formula is C48H87NO4. The number of hydrogen-bond donors (Lipinski definition) is 0. The molecule has 0 spiro atoms. The first-order valence-corrected chi connectivity index (χ1v) is 23.1. The predicted octanol–water partition coefficient (Wildman–Crippen LogP) is 14.1. The topological polar surface area (TPSA) is 48.0 Å². The molecule has 0 aromatic carbocycles. The highest BCUT2D eigenvalue weighted by Gasteiger charge is 2.52. The summed E-state index contributed by atoms with van der Waals surface area (Å²) < 4.78 is 19.5. The van der Waals surface area contributed by atoms with Gasteiger partial charge in [-0.2, -0.15) is 0 Å². The average molecular weight is 742 g/mol. The summed E-state index contributed by atoms with van der Waals surface area (Å²) in [5, 5.41) is 0. The largest absolute Gasteiger partial charge is 0.462 e. The molecule has 308 valence electrons. The zero-order chi connectivity index (χ0) is 38.1. The number of carbonyl (C=O) groups excluding carboxylic acids is 1. The first-order valence-electron chi connectivity index (χ1n) is 23.1. The van der Waals surface area contributed by atoms with Crippen LogP contribution in [0.2, 0.25) is 0 Å². The predicted molar refractivity (Wildman–Crippen MR) is 227 cm³/mol. The minimum absolute atomic E-state index is 0.0632. The lowest BCUT2D eigenvalue weighted by molar-refractivity contribution is -0.196. The highest BCUT2D eigenvalue weighted by molar-refractivity contribution is 5.69. The van der Waals surface area contributed by atoms with Gasteiger partial charge in [-0.3, -0.25) is 4.79 Å². The van der Waals surface area contributed by atoms with E-state index < -0.39 is 5.79 Å². The number of esters is 1. The molecule has 1 aliphatic heterocycles. The van der Waals surface area contributed by atoms with Crippen molar-refractivity contribution in [1.82, 2.24) is 4.90 Å². The highest BCUT2D eigenvalue weighted by atomic mass is 16.8. The van der Waals surface area contributed by atoms with E-state index in [4.69, 9.17) is 14.2 Å². The van der Waals surface area contributed by atoms with Crippen LogP contribution in [-0.4, -0.2) is 55.6 Å². The quantitative estimate of drug-likeness (QED) is 0.0363. The smallest absolute Gasteiger partial charge is 0.306 e. The van der Waals surface area contributed by atoms with Crippen LogP contribution in [0.25, 0.3) is 0 Å². The number of hydrogen-bond acceptors (Lipinski definition) is 5. The standard InChI is InChI=1S/C48H87NO4/c1-5-7-9-11-13-15-17-19-21-23-25-27-29-31-33-35-39-48(40-36-34-32-30-28-26-24-22-20-18-16-14-12-10-8-6-2)52-45-42-44(43-46(45)53-48)51-47(50)38-37-41-49(3)4/h13,15,19-22,44-46H,5-12,14,16-18,23-43H2,1-4H3/b15-13-,21-19-,22-20-/t44-,45-,46+,48?. The van der Waals surface area contributed by atoms with Gasteiger partial charge in [0.2, 0.25) is 0 Å². The van der Waals surface area contributed by atoms with Crippen molar-refractivity contribution >= 4 is 5.97 Å². The number of allylic oxidation sites excluding steroid dienone is 6. The van der Waals surface area contributed by atoms with Gasteiger partial charge in [0, 0.05) is 32.1 Å². The summed E-state index contributed by atoms with van der Waals surface area (Å²) in [6, 6.07) is 0. The molecule has 53 heavy (non-hydrogen) atoms. The minimum Gasteiger partial charge on any atom is -0.462 e. The van der Waals surface area contributed by atoms with Crippen LogP contribution in [0.15, 0.2) is 36.5 Å². The Balaban J connectivity index is 1.64. The van der Waals surface area contributed by atoms with Crippen LogP contribution in [0.4, 0.5) is 0 Å². The molecule has 0 bridgehead atoms. The van der Waals surface area contributed by atoms with E-state index in [1.165, 1.54) is 161 Å². The first kappa shape index (κ1) is 47.7. The van der Waals surface area contributed by atoms with Crippen molar-refractivity contribution < 1.29 is 19.0 Å². The lowest BCUT2D eigenvalue weighted by atomic mass is 9.98. The minimum atomic E-state index is -0.438. The fourth-order valence-electron chi connectivity index (χ4n) is 8.01. The molecule has 1 aliphatic carbocycles.